The van der Waals surface area contributed by atoms with Crippen LogP contribution in [0.1, 0.15) is 51.4 Å². The summed E-state index contributed by atoms with van der Waals surface area (Å²) < 4.78 is 0. The molecule has 0 radical (unpaired) electrons. The monoisotopic (exact) mass is 283 g/mol. The number of nitrogens with zero attached hydrogens (tertiary/aromatic N) is 2. The number of aromatic nitrogens is 2. The van der Waals surface area contributed by atoms with Crippen LogP contribution in [0, 0.1) is 0 Å². The van der Waals surface area contributed by atoms with Gasteiger partial charge in [-0.3, -0.25) is 0 Å². The van der Waals surface area contributed by atoms with Gasteiger partial charge in [-0.25, -0.2) is 9.97 Å². The van der Waals surface area contributed by atoms with Crippen LogP contribution in [0.4, 0.5) is 5.82 Å². The maximum atomic E-state index is 4.71. The summed E-state index contributed by atoms with van der Waals surface area (Å²) in [4.78, 5) is 9.28. The van der Waals surface area contributed by atoms with Crippen LogP contribution in [-0.4, -0.2) is 16.5 Å². The first-order valence-corrected chi connectivity index (χ1v) is 7.86. The van der Waals surface area contributed by atoms with Gasteiger partial charge in [0, 0.05) is 24.1 Å². The summed E-state index contributed by atoms with van der Waals surface area (Å²) in [5, 5.41) is 3.29. The third-order valence-electron chi connectivity index (χ3n) is 3.41. The van der Waals surface area contributed by atoms with Crippen molar-refractivity contribution in [2.24, 2.45) is 0 Å². The van der Waals surface area contributed by atoms with E-state index in [1.54, 1.807) is 0 Å². The Morgan fingerprint density at radius 1 is 1.05 bits per heavy atom. The molecule has 0 aliphatic rings. The average molecular weight is 283 g/mol. The van der Waals surface area contributed by atoms with E-state index in [0.29, 0.717) is 5.92 Å². The van der Waals surface area contributed by atoms with Crippen molar-refractivity contribution in [3.63, 3.8) is 0 Å². The van der Waals surface area contributed by atoms with E-state index in [1.807, 2.05) is 6.07 Å². The summed E-state index contributed by atoms with van der Waals surface area (Å²) in [7, 11) is 0. The van der Waals surface area contributed by atoms with E-state index in [4.69, 9.17) is 4.98 Å². The van der Waals surface area contributed by atoms with E-state index in [1.165, 1.54) is 12.0 Å². The molecule has 0 aliphatic heterocycles. The fourth-order valence-corrected chi connectivity index (χ4v) is 2.27. The van der Waals surface area contributed by atoms with Crippen LogP contribution < -0.4 is 5.32 Å². The van der Waals surface area contributed by atoms with Crippen molar-refractivity contribution >= 4 is 5.82 Å². The van der Waals surface area contributed by atoms with Crippen LogP contribution in [-0.2, 0) is 6.42 Å². The fraction of sp³-hybridized carbons (Fsp3) is 0.444. The van der Waals surface area contributed by atoms with Gasteiger partial charge in [0.15, 0.2) is 0 Å². The number of rotatable bonds is 6. The Morgan fingerprint density at radius 3 is 2.33 bits per heavy atom. The predicted molar refractivity (Wildman–Crippen MR) is 89.7 cm³/mol. The van der Waals surface area contributed by atoms with Crippen LogP contribution >= 0.6 is 0 Å². The van der Waals surface area contributed by atoms with Crippen LogP contribution in [0.5, 0.6) is 0 Å². The molecule has 0 aliphatic carbocycles. The van der Waals surface area contributed by atoms with Crippen molar-refractivity contribution in [1.29, 1.82) is 0 Å². The van der Waals surface area contributed by atoms with Gasteiger partial charge in [0.2, 0.25) is 0 Å². The molecule has 0 spiro atoms. The van der Waals surface area contributed by atoms with E-state index in [0.717, 1.165) is 35.9 Å². The van der Waals surface area contributed by atoms with Crippen molar-refractivity contribution in [2.45, 2.75) is 46.5 Å². The third-order valence-corrected chi connectivity index (χ3v) is 3.41. The van der Waals surface area contributed by atoms with Gasteiger partial charge in [-0.15, -0.1) is 0 Å². The first-order valence-electron chi connectivity index (χ1n) is 7.86. The van der Waals surface area contributed by atoms with Crippen molar-refractivity contribution < 1.29 is 0 Å². The SMILES string of the molecule is CCCc1ccc(-c2cc(NCC)nc(C(C)C)n2)cc1. The lowest BCUT2D eigenvalue weighted by Crippen LogP contribution is -2.05. The van der Waals surface area contributed by atoms with E-state index >= 15 is 0 Å². The molecule has 112 valence electrons. The lowest BCUT2D eigenvalue weighted by molar-refractivity contribution is 0.776. The number of benzene rings is 1. The lowest BCUT2D eigenvalue weighted by Gasteiger charge is -2.11. The van der Waals surface area contributed by atoms with E-state index in [-0.39, 0.29) is 0 Å². The maximum Gasteiger partial charge on any atom is 0.133 e. The van der Waals surface area contributed by atoms with Gasteiger partial charge < -0.3 is 5.32 Å². The van der Waals surface area contributed by atoms with Gasteiger partial charge in [0.1, 0.15) is 11.6 Å². The molecule has 1 aromatic heterocycles. The smallest absolute Gasteiger partial charge is 0.133 e. The second-order valence-corrected chi connectivity index (χ2v) is 5.63. The average Bonchev–Trinajstić information content (AvgIpc) is 2.48. The molecule has 0 atom stereocenters. The highest BCUT2D eigenvalue weighted by Crippen LogP contribution is 2.23. The van der Waals surface area contributed by atoms with Crippen molar-refractivity contribution in [2.75, 3.05) is 11.9 Å². The number of hydrogen-bond acceptors (Lipinski definition) is 3. The van der Waals surface area contributed by atoms with E-state index in [9.17, 15) is 0 Å². The summed E-state index contributed by atoms with van der Waals surface area (Å²) in [5.74, 6) is 2.12. The van der Waals surface area contributed by atoms with E-state index < -0.39 is 0 Å². The van der Waals surface area contributed by atoms with Crippen LogP contribution in [0.25, 0.3) is 11.3 Å². The normalized spacial score (nSPS) is 10.9. The molecule has 0 fully saturated rings. The van der Waals surface area contributed by atoms with Gasteiger partial charge >= 0.3 is 0 Å². The number of anilines is 1. The van der Waals surface area contributed by atoms with E-state index in [2.05, 4.69) is 62.3 Å². The van der Waals surface area contributed by atoms with Gasteiger partial charge in [-0.2, -0.15) is 0 Å². The highest BCUT2D eigenvalue weighted by Gasteiger charge is 2.09. The Bertz CT molecular complexity index is 574. The summed E-state index contributed by atoms with van der Waals surface area (Å²) in [6, 6.07) is 10.7. The third kappa shape index (κ3) is 4.03. The molecule has 2 aromatic rings. The zero-order valence-corrected chi connectivity index (χ0v) is 13.5. The van der Waals surface area contributed by atoms with Crippen molar-refractivity contribution in [1.82, 2.24) is 9.97 Å². The molecule has 1 heterocycles. The highest BCUT2D eigenvalue weighted by atomic mass is 15.0. The molecule has 1 aromatic carbocycles. The molecule has 3 nitrogen and oxygen atoms in total. The number of hydrogen-bond donors (Lipinski definition) is 1. The molecule has 0 saturated carbocycles. The first-order chi connectivity index (χ1) is 10.1. The highest BCUT2D eigenvalue weighted by molar-refractivity contribution is 5.63. The minimum atomic E-state index is 0.321. The van der Waals surface area contributed by atoms with Gasteiger partial charge in [0.05, 0.1) is 5.69 Å². The molecule has 21 heavy (non-hydrogen) atoms. The molecule has 3 heteroatoms. The minimum Gasteiger partial charge on any atom is -0.370 e. The van der Waals surface area contributed by atoms with Gasteiger partial charge in [-0.1, -0.05) is 51.5 Å². The molecular weight excluding hydrogens is 258 g/mol. The molecule has 2 rings (SSSR count). The summed E-state index contributed by atoms with van der Waals surface area (Å²) in [5.41, 5.74) is 3.53. The van der Waals surface area contributed by atoms with Gasteiger partial charge in [-0.05, 0) is 18.9 Å². The van der Waals surface area contributed by atoms with Crippen molar-refractivity contribution in [3.05, 3.63) is 41.7 Å². The summed E-state index contributed by atoms with van der Waals surface area (Å²) in [6.45, 7) is 9.40. The standard InChI is InChI=1S/C18H25N3/c1-5-7-14-8-10-15(11-9-14)16-12-17(19-6-2)21-18(20-16)13(3)4/h8-13H,5-7H2,1-4H3,(H,19,20,21). The summed E-state index contributed by atoms with van der Waals surface area (Å²) >= 11 is 0. The Hall–Kier alpha value is -1.90. The molecular formula is C18H25N3. The molecule has 0 unspecified atom stereocenters. The molecule has 0 amide bonds. The number of aryl methyl sites for hydroxylation is 1. The minimum absolute atomic E-state index is 0.321. The zero-order chi connectivity index (χ0) is 15.2. The Morgan fingerprint density at radius 2 is 1.76 bits per heavy atom. The van der Waals surface area contributed by atoms with Gasteiger partial charge in [0.25, 0.3) is 0 Å². The van der Waals surface area contributed by atoms with Crippen LogP contribution in [0.15, 0.2) is 30.3 Å². The van der Waals surface area contributed by atoms with Crippen LogP contribution in [0.3, 0.4) is 0 Å². The largest absolute Gasteiger partial charge is 0.370 e. The topological polar surface area (TPSA) is 37.8 Å². The fourth-order valence-electron chi connectivity index (χ4n) is 2.27. The Kier molecular flexibility index (Phi) is 5.32. The second-order valence-electron chi connectivity index (χ2n) is 5.63. The Balaban J connectivity index is 2.36. The maximum absolute atomic E-state index is 4.71. The Labute approximate surface area is 127 Å². The quantitative estimate of drug-likeness (QED) is 0.838. The molecule has 0 saturated heterocycles. The second kappa shape index (κ2) is 7.21. The molecule has 0 bridgehead atoms. The number of nitrogens with one attached hydrogen (secondary N) is 1. The van der Waals surface area contributed by atoms with Crippen LogP contribution in [0.2, 0.25) is 0 Å². The van der Waals surface area contributed by atoms with Crippen molar-refractivity contribution in [3.8, 4) is 11.3 Å². The lowest BCUT2D eigenvalue weighted by atomic mass is 10.1. The predicted octanol–water partition coefficient (Wildman–Crippen LogP) is 4.65. The zero-order valence-electron chi connectivity index (χ0n) is 13.5. The first kappa shape index (κ1) is 15.5. The summed E-state index contributed by atoms with van der Waals surface area (Å²) in [6.07, 6.45) is 2.30. The molecule has 1 N–H and O–H groups in total.